The summed E-state index contributed by atoms with van der Waals surface area (Å²) in [4.78, 5) is 11.8. The van der Waals surface area contributed by atoms with E-state index < -0.39 is 0 Å². The average Bonchev–Trinajstić information content (AvgIpc) is 3.46. The first-order valence-corrected chi connectivity index (χ1v) is 11.6. The fraction of sp³-hybridized carbons (Fsp3) is 0.400. The van der Waals surface area contributed by atoms with E-state index in [0.29, 0.717) is 6.04 Å². The summed E-state index contributed by atoms with van der Waals surface area (Å²) in [5, 5.41) is 4.47. The van der Waals surface area contributed by atoms with E-state index in [1.807, 2.05) is 24.5 Å². The van der Waals surface area contributed by atoms with Gasteiger partial charge in [0.2, 0.25) is 0 Å². The van der Waals surface area contributed by atoms with Crippen LogP contribution in [-0.2, 0) is 0 Å². The van der Waals surface area contributed by atoms with Crippen LogP contribution in [0.5, 0.6) is 0 Å². The summed E-state index contributed by atoms with van der Waals surface area (Å²) in [6.07, 6.45) is 8.71. The lowest BCUT2D eigenvalue weighted by atomic mass is 9.95. The van der Waals surface area contributed by atoms with Gasteiger partial charge in [-0.15, -0.1) is 0 Å². The van der Waals surface area contributed by atoms with Crippen LogP contribution in [0.2, 0.25) is 0 Å². The highest BCUT2D eigenvalue weighted by Gasteiger charge is 2.44. The first-order valence-electron chi connectivity index (χ1n) is 11.2. The number of nitrogens with zero attached hydrogens (tertiary/aromatic N) is 4. The summed E-state index contributed by atoms with van der Waals surface area (Å²) in [7, 11) is 0. The van der Waals surface area contributed by atoms with Crippen molar-refractivity contribution in [3.05, 3.63) is 77.0 Å². The van der Waals surface area contributed by atoms with Gasteiger partial charge in [-0.05, 0) is 87.3 Å². The molecule has 4 heterocycles. The monoisotopic (exact) mass is 431 g/mol. The van der Waals surface area contributed by atoms with Crippen LogP contribution in [0.25, 0.3) is 5.82 Å². The molecular formula is C25H29N5S. The van der Waals surface area contributed by atoms with Gasteiger partial charge in [0.25, 0.3) is 0 Å². The first kappa shape index (κ1) is 20.2. The lowest BCUT2D eigenvalue weighted by Gasteiger charge is -2.33. The van der Waals surface area contributed by atoms with Gasteiger partial charge < -0.3 is 14.8 Å². The number of aryl methyl sites for hydroxylation is 2. The third-order valence-corrected chi connectivity index (χ3v) is 7.10. The molecule has 0 amide bonds. The molecule has 6 heteroatoms. The van der Waals surface area contributed by atoms with Gasteiger partial charge in [0.05, 0.1) is 17.8 Å². The molecule has 0 bridgehead atoms. The Labute approximate surface area is 189 Å². The summed E-state index contributed by atoms with van der Waals surface area (Å²) < 4.78 is 2.27. The molecule has 2 fully saturated rings. The molecule has 5 rings (SSSR count). The maximum Gasteiger partial charge on any atom is 0.170 e. The summed E-state index contributed by atoms with van der Waals surface area (Å²) >= 11 is 5.89. The van der Waals surface area contributed by atoms with Crippen molar-refractivity contribution in [1.82, 2.24) is 24.8 Å². The van der Waals surface area contributed by atoms with Gasteiger partial charge in [0.1, 0.15) is 5.82 Å². The van der Waals surface area contributed by atoms with Crippen molar-refractivity contribution in [2.45, 2.75) is 64.6 Å². The van der Waals surface area contributed by atoms with Crippen LogP contribution in [0.4, 0.5) is 0 Å². The van der Waals surface area contributed by atoms with E-state index in [1.54, 1.807) is 0 Å². The molecule has 1 aliphatic carbocycles. The van der Waals surface area contributed by atoms with E-state index in [1.165, 1.54) is 48.2 Å². The maximum absolute atomic E-state index is 5.89. The second-order valence-electron chi connectivity index (χ2n) is 8.83. The highest BCUT2D eigenvalue weighted by atomic mass is 32.1. The molecule has 160 valence electrons. The zero-order valence-corrected chi connectivity index (χ0v) is 19.2. The number of aromatic nitrogens is 3. The summed E-state index contributed by atoms with van der Waals surface area (Å²) in [5.74, 6) is 0.969. The van der Waals surface area contributed by atoms with Crippen molar-refractivity contribution < 1.29 is 0 Å². The normalized spacial score (nSPS) is 21.6. The third-order valence-electron chi connectivity index (χ3n) is 6.77. The quantitative estimate of drug-likeness (QED) is 0.582. The largest absolute Gasteiger partial charge is 0.352 e. The Morgan fingerprint density at radius 2 is 1.81 bits per heavy atom. The predicted octanol–water partition coefficient (Wildman–Crippen LogP) is 5.11. The van der Waals surface area contributed by atoms with Crippen LogP contribution in [0.1, 0.15) is 66.0 Å². The van der Waals surface area contributed by atoms with Gasteiger partial charge in [-0.1, -0.05) is 18.9 Å². The maximum atomic E-state index is 5.89. The van der Waals surface area contributed by atoms with Gasteiger partial charge >= 0.3 is 0 Å². The number of hydrogen-bond acceptors (Lipinski definition) is 3. The summed E-state index contributed by atoms with van der Waals surface area (Å²) in [5.41, 5.74) is 5.96. The van der Waals surface area contributed by atoms with E-state index in [2.05, 4.69) is 64.8 Å². The number of nitrogens with one attached hydrogen (secondary N) is 1. The van der Waals surface area contributed by atoms with Crippen molar-refractivity contribution >= 4 is 17.3 Å². The van der Waals surface area contributed by atoms with Gasteiger partial charge in [0.15, 0.2) is 5.11 Å². The highest BCUT2D eigenvalue weighted by molar-refractivity contribution is 7.80. The Morgan fingerprint density at radius 1 is 1.00 bits per heavy atom. The van der Waals surface area contributed by atoms with E-state index in [9.17, 15) is 0 Å². The van der Waals surface area contributed by atoms with Crippen molar-refractivity contribution in [3.8, 4) is 5.82 Å². The number of hydrogen-bond donors (Lipinski definition) is 1. The fourth-order valence-electron chi connectivity index (χ4n) is 5.36. The molecule has 1 aliphatic heterocycles. The average molecular weight is 432 g/mol. The molecule has 3 aromatic rings. The molecule has 1 saturated heterocycles. The Hall–Kier alpha value is -2.73. The molecular weight excluding hydrogens is 402 g/mol. The van der Waals surface area contributed by atoms with Crippen molar-refractivity contribution in [3.63, 3.8) is 0 Å². The second kappa shape index (κ2) is 8.08. The third kappa shape index (κ3) is 3.53. The van der Waals surface area contributed by atoms with Gasteiger partial charge in [0, 0.05) is 29.8 Å². The highest BCUT2D eigenvalue weighted by Crippen LogP contribution is 2.44. The Morgan fingerprint density at radius 3 is 2.52 bits per heavy atom. The molecule has 0 spiro atoms. The second-order valence-corrected chi connectivity index (χ2v) is 9.21. The fourth-order valence-corrected chi connectivity index (χ4v) is 5.75. The zero-order valence-electron chi connectivity index (χ0n) is 18.4. The van der Waals surface area contributed by atoms with Crippen LogP contribution >= 0.6 is 12.2 Å². The predicted molar refractivity (Wildman–Crippen MR) is 127 cm³/mol. The minimum absolute atomic E-state index is 0.0359. The number of thiocarbonyl (C=S) groups is 1. The van der Waals surface area contributed by atoms with Crippen molar-refractivity contribution in [1.29, 1.82) is 0 Å². The Bertz CT molecular complexity index is 1100. The lowest BCUT2D eigenvalue weighted by molar-refractivity contribution is 0.245. The molecule has 31 heavy (non-hydrogen) atoms. The van der Waals surface area contributed by atoms with Gasteiger partial charge in [-0.3, -0.25) is 4.98 Å². The molecule has 1 N–H and O–H groups in total. The topological polar surface area (TPSA) is 46.0 Å². The van der Waals surface area contributed by atoms with Crippen LogP contribution in [-0.4, -0.2) is 30.6 Å². The van der Waals surface area contributed by atoms with Gasteiger partial charge in [-0.2, -0.15) is 0 Å². The van der Waals surface area contributed by atoms with E-state index >= 15 is 0 Å². The molecule has 5 nitrogen and oxygen atoms in total. The van der Waals surface area contributed by atoms with Crippen molar-refractivity contribution in [2.24, 2.45) is 0 Å². The number of pyridine rings is 2. The molecule has 0 radical (unpaired) electrons. The van der Waals surface area contributed by atoms with Crippen LogP contribution in [0.15, 0.2) is 48.8 Å². The molecule has 0 unspecified atom stereocenters. The standard InChI is InChI=1S/C25H29N5S/c1-16-11-13-27-22(14-16)29-17(2)15-20(18(29)3)24-23(21-10-6-7-12-26-21)28-25(31)30(24)19-8-4-5-9-19/h6-7,10-15,19,23-24H,4-5,8-9H2,1-3H3,(H,28,31)/t23-,24+/m0/s1. The Balaban J connectivity index is 1.64. The van der Waals surface area contributed by atoms with Crippen molar-refractivity contribution in [2.75, 3.05) is 0 Å². The van der Waals surface area contributed by atoms with Crippen LogP contribution in [0.3, 0.4) is 0 Å². The molecule has 2 aliphatic rings. The van der Waals surface area contributed by atoms with E-state index in [4.69, 9.17) is 17.2 Å². The molecule has 1 saturated carbocycles. The minimum Gasteiger partial charge on any atom is -0.352 e. The minimum atomic E-state index is 0.0359. The molecule has 3 aromatic heterocycles. The SMILES string of the molecule is Cc1ccnc(-n2c(C)cc([C@@H]3[C@H](c4ccccn4)NC(=S)N3C3CCCC3)c2C)c1. The van der Waals surface area contributed by atoms with E-state index in [-0.39, 0.29) is 12.1 Å². The van der Waals surface area contributed by atoms with Gasteiger partial charge in [-0.25, -0.2) is 4.98 Å². The van der Waals surface area contributed by atoms with E-state index in [0.717, 1.165) is 16.6 Å². The zero-order chi connectivity index (χ0) is 21.5. The van der Waals surface area contributed by atoms with Crippen LogP contribution < -0.4 is 5.32 Å². The lowest BCUT2D eigenvalue weighted by Crippen LogP contribution is -2.37. The Kier molecular flexibility index (Phi) is 5.26. The van der Waals surface area contributed by atoms with Crippen LogP contribution in [0, 0.1) is 20.8 Å². The number of rotatable bonds is 4. The molecule has 2 atom stereocenters. The summed E-state index contributed by atoms with van der Waals surface area (Å²) in [6.45, 7) is 6.48. The molecule has 0 aromatic carbocycles. The summed E-state index contributed by atoms with van der Waals surface area (Å²) in [6, 6.07) is 13.3. The smallest absolute Gasteiger partial charge is 0.170 e. The first-order chi connectivity index (χ1) is 15.0.